The van der Waals surface area contributed by atoms with Crippen molar-refractivity contribution in [2.24, 2.45) is 0 Å². The Hall–Kier alpha value is -2.35. The van der Waals surface area contributed by atoms with E-state index >= 15 is 0 Å². The van der Waals surface area contributed by atoms with Gasteiger partial charge in [0.15, 0.2) is 0 Å². The topological polar surface area (TPSA) is 116 Å². The van der Waals surface area contributed by atoms with Crippen molar-refractivity contribution in [3.8, 4) is 11.5 Å². The van der Waals surface area contributed by atoms with Gasteiger partial charge in [-0.2, -0.15) is 0 Å². The van der Waals surface area contributed by atoms with E-state index in [4.69, 9.17) is 9.47 Å². The number of benzene rings is 1. The van der Waals surface area contributed by atoms with E-state index in [1.54, 1.807) is 19.1 Å². The minimum atomic E-state index is -1.35. The summed E-state index contributed by atoms with van der Waals surface area (Å²) >= 11 is 0. The van der Waals surface area contributed by atoms with Crippen LogP contribution in [0.2, 0.25) is 0 Å². The van der Waals surface area contributed by atoms with Gasteiger partial charge in [-0.15, -0.1) is 0 Å². The van der Waals surface area contributed by atoms with Crippen molar-refractivity contribution in [1.82, 2.24) is 0 Å². The Kier molecular flexibility index (Phi) is 6.79. The van der Waals surface area contributed by atoms with Crippen LogP contribution in [-0.2, 0) is 4.74 Å². The molecule has 4 N–H and O–H groups in total. The Bertz CT molecular complexity index is 695. The van der Waals surface area contributed by atoms with E-state index in [0.717, 1.165) is 0 Å². The van der Waals surface area contributed by atoms with Crippen LogP contribution in [0, 0.1) is 0 Å². The fraction of sp³-hybridized carbons (Fsp3) is 0.421. The predicted octanol–water partition coefficient (Wildman–Crippen LogP) is 1.39. The van der Waals surface area contributed by atoms with Crippen LogP contribution in [0.4, 0.5) is 0 Å². The number of phenolic OH excluding ortho intramolecular Hbond substituents is 1. The van der Waals surface area contributed by atoms with E-state index in [0.29, 0.717) is 17.7 Å². The van der Waals surface area contributed by atoms with Crippen molar-refractivity contribution in [2.45, 2.75) is 44.2 Å². The zero-order chi connectivity index (χ0) is 19.3. The first-order chi connectivity index (χ1) is 12.3. The second kappa shape index (κ2) is 8.84. The number of rotatable bonds is 1. The van der Waals surface area contributed by atoms with Gasteiger partial charge in [0.2, 0.25) is 0 Å². The number of hydrogen-bond donors (Lipinski definition) is 4. The van der Waals surface area contributed by atoms with Crippen molar-refractivity contribution in [3.63, 3.8) is 0 Å². The summed E-state index contributed by atoms with van der Waals surface area (Å²) in [4.78, 5) is 12.5. The number of ether oxygens (including phenoxy) is 2. The number of carbonyl (C=O) groups is 1. The number of carbonyl (C=O) groups excluding carboxylic acids is 1. The molecule has 1 aliphatic rings. The molecule has 2 rings (SSSR count). The molecule has 1 aliphatic heterocycles. The van der Waals surface area contributed by atoms with Gasteiger partial charge in [0, 0.05) is 12.5 Å². The van der Waals surface area contributed by atoms with Gasteiger partial charge in [-0.05, 0) is 25.0 Å². The molecule has 7 heteroatoms. The highest BCUT2D eigenvalue weighted by atomic mass is 16.5. The smallest absolute Gasteiger partial charge is 0.342 e. The van der Waals surface area contributed by atoms with Crippen LogP contribution in [0.3, 0.4) is 0 Å². The Morgan fingerprint density at radius 2 is 1.88 bits per heavy atom. The largest absolute Gasteiger partial charge is 0.507 e. The maximum absolute atomic E-state index is 12.5. The van der Waals surface area contributed by atoms with Gasteiger partial charge >= 0.3 is 5.97 Å². The molecule has 1 aromatic carbocycles. The van der Waals surface area contributed by atoms with Gasteiger partial charge in [0.05, 0.1) is 13.2 Å². The first-order valence-electron chi connectivity index (χ1n) is 8.32. The molecule has 0 saturated heterocycles. The van der Waals surface area contributed by atoms with Gasteiger partial charge in [-0.25, -0.2) is 4.79 Å². The number of phenols is 1. The Morgan fingerprint density at radius 3 is 2.58 bits per heavy atom. The standard InChI is InChI=1S/C19H24O7/c1-11-5-3-7-14(20)18(23)15(21)8-4-6-12-9-13(25-2)10-16(22)17(12)19(24)26-11/h3-4,6-7,9-11,14-15,18,20-23H,5,8H2,1-2H3/b6-4+,7-3-/t11-,14-,15+,18-/m1/s1. The minimum absolute atomic E-state index is 0.00925. The fourth-order valence-corrected chi connectivity index (χ4v) is 2.61. The normalized spacial score (nSPS) is 29.8. The average molecular weight is 364 g/mol. The highest BCUT2D eigenvalue weighted by Gasteiger charge is 2.23. The maximum Gasteiger partial charge on any atom is 0.342 e. The van der Waals surface area contributed by atoms with E-state index in [1.807, 2.05) is 0 Å². The minimum Gasteiger partial charge on any atom is -0.507 e. The van der Waals surface area contributed by atoms with Gasteiger partial charge in [-0.3, -0.25) is 0 Å². The summed E-state index contributed by atoms with van der Waals surface area (Å²) in [6, 6.07) is 2.87. The molecular formula is C19H24O7. The summed E-state index contributed by atoms with van der Waals surface area (Å²) in [6.45, 7) is 1.67. The lowest BCUT2D eigenvalue weighted by atomic mass is 10.0. The summed E-state index contributed by atoms with van der Waals surface area (Å²) in [5.41, 5.74) is 0.346. The zero-order valence-corrected chi connectivity index (χ0v) is 14.7. The first kappa shape index (κ1) is 20.0. The van der Waals surface area contributed by atoms with Crippen molar-refractivity contribution in [2.75, 3.05) is 7.11 Å². The van der Waals surface area contributed by atoms with Crippen molar-refractivity contribution in [3.05, 3.63) is 41.5 Å². The lowest BCUT2D eigenvalue weighted by Crippen LogP contribution is -2.35. The van der Waals surface area contributed by atoms with Gasteiger partial charge < -0.3 is 29.9 Å². The monoisotopic (exact) mass is 364 g/mol. The summed E-state index contributed by atoms with van der Waals surface area (Å²) in [7, 11) is 1.43. The molecule has 0 amide bonds. The lowest BCUT2D eigenvalue weighted by molar-refractivity contribution is -0.0394. The Balaban J connectivity index is 2.44. The van der Waals surface area contributed by atoms with E-state index in [1.165, 1.54) is 31.4 Å². The molecule has 0 bridgehead atoms. The molecule has 0 saturated carbocycles. The molecule has 7 nitrogen and oxygen atoms in total. The van der Waals surface area contributed by atoms with Crippen LogP contribution in [0.15, 0.2) is 30.4 Å². The number of aliphatic hydroxyl groups excluding tert-OH is 3. The molecule has 4 atom stereocenters. The third-order valence-electron chi connectivity index (χ3n) is 4.09. The quantitative estimate of drug-likeness (QED) is 0.439. The Labute approximate surface area is 151 Å². The van der Waals surface area contributed by atoms with E-state index in [9.17, 15) is 25.2 Å². The summed E-state index contributed by atoms with van der Waals surface area (Å²) in [5, 5.41) is 40.0. The number of fused-ring (bicyclic) bond motifs is 1. The second-order valence-electron chi connectivity index (χ2n) is 6.18. The van der Waals surface area contributed by atoms with Crippen LogP contribution in [0.1, 0.15) is 35.7 Å². The molecule has 0 fully saturated rings. The van der Waals surface area contributed by atoms with Crippen LogP contribution < -0.4 is 4.74 Å². The molecule has 0 spiro atoms. The molecule has 1 heterocycles. The van der Waals surface area contributed by atoms with E-state index in [2.05, 4.69) is 0 Å². The van der Waals surface area contributed by atoms with Crippen LogP contribution in [0.5, 0.6) is 11.5 Å². The van der Waals surface area contributed by atoms with Crippen LogP contribution >= 0.6 is 0 Å². The molecular weight excluding hydrogens is 340 g/mol. The average Bonchev–Trinajstić information content (AvgIpc) is 2.59. The highest BCUT2D eigenvalue weighted by Crippen LogP contribution is 2.30. The molecule has 0 aliphatic carbocycles. The van der Waals surface area contributed by atoms with Crippen molar-refractivity contribution in [1.29, 1.82) is 0 Å². The number of aliphatic hydroxyl groups is 3. The van der Waals surface area contributed by atoms with Crippen molar-refractivity contribution >= 4 is 12.0 Å². The molecule has 0 unspecified atom stereocenters. The van der Waals surface area contributed by atoms with E-state index < -0.39 is 30.4 Å². The first-order valence-corrected chi connectivity index (χ1v) is 8.32. The van der Waals surface area contributed by atoms with Crippen LogP contribution in [0.25, 0.3) is 6.08 Å². The fourth-order valence-electron chi connectivity index (χ4n) is 2.61. The second-order valence-corrected chi connectivity index (χ2v) is 6.18. The Morgan fingerprint density at radius 1 is 1.15 bits per heavy atom. The predicted molar refractivity (Wildman–Crippen MR) is 95.0 cm³/mol. The van der Waals surface area contributed by atoms with Gasteiger partial charge in [0.25, 0.3) is 0 Å². The lowest BCUT2D eigenvalue weighted by Gasteiger charge is -2.20. The maximum atomic E-state index is 12.5. The molecule has 26 heavy (non-hydrogen) atoms. The van der Waals surface area contributed by atoms with Gasteiger partial charge in [-0.1, -0.05) is 24.3 Å². The zero-order valence-electron chi connectivity index (χ0n) is 14.7. The number of esters is 1. The van der Waals surface area contributed by atoms with E-state index in [-0.39, 0.29) is 17.7 Å². The molecule has 0 radical (unpaired) electrons. The highest BCUT2D eigenvalue weighted by molar-refractivity contribution is 5.97. The SMILES string of the molecule is COc1cc(O)c2c(c1)/C=C/C[C@H](O)[C@H](O)[C@H](O)/C=C\C[C@@H](C)OC2=O. The summed E-state index contributed by atoms with van der Waals surface area (Å²) < 4.78 is 10.4. The molecule has 0 aromatic heterocycles. The van der Waals surface area contributed by atoms with Gasteiger partial charge in [0.1, 0.15) is 35.4 Å². The number of aromatic hydroxyl groups is 1. The van der Waals surface area contributed by atoms with Crippen molar-refractivity contribution < 1.29 is 34.7 Å². The van der Waals surface area contributed by atoms with Crippen LogP contribution in [-0.4, -0.2) is 57.9 Å². The molecule has 1 aromatic rings. The number of cyclic esters (lactones) is 1. The third kappa shape index (κ3) is 4.85. The summed E-state index contributed by atoms with van der Waals surface area (Å²) in [6.07, 6.45) is 2.00. The third-order valence-corrected chi connectivity index (χ3v) is 4.09. The number of methoxy groups -OCH3 is 1. The molecule has 142 valence electrons. The summed E-state index contributed by atoms with van der Waals surface area (Å²) in [5.74, 6) is -0.615. The number of hydrogen-bond acceptors (Lipinski definition) is 7.